The lowest BCUT2D eigenvalue weighted by Gasteiger charge is -2.23. The number of thiocarbonyl (C=S) groups is 1. The van der Waals surface area contributed by atoms with Gasteiger partial charge >= 0.3 is 0 Å². The van der Waals surface area contributed by atoms with E-state index in [0.717, 1.165) is 5.69 Å². The Hall–Kier alpha value is -1.24. The maximum atomic E-state index is 5.52. The van der Waals surface area contributed by atoms with Gasteiger partial charge in [0.25, 0.3) is 0 Å². The average Bonchev–Trinajstić information content (AvgIpc) is 2.38. The summed E-state index contributed by atoms with van der Waals surface area (Å²) in [5.41, 5.74) is 7.06. The predicted molar refractivity (Wildman–Crippen MR) is 69.2 cm³/mol. The summed E-state index contributed by atoms with van der Waals surface area (Å²) in [7, 11) is 0. The van der Waals surface area contributed by atoms with Crippen molar-refractivity contribution in [3.05, 3.63) is 24.0 Å². The summed E-state index contributed by atoms with van der Waals surface area (Å²) in [6, 6.07) is 3.69. The first-order valence-corrected chi connectivity index (χ1v) is 5.85. The monoisotopic (exact) mass is 253 g/mol. The van der Waals surface area contributed by atoms with Gasteiger partial charge in [0.1, 0.15) is 4.99 Å². The fraction of sp³-hybridized carbons (Fsp3) is 0.455. The molecule has 1 saturated heterocycles. The number of hydrogen-bond acceptors (Lipinski definition) is 5. The van der Waals surface area contributed by atoms with Crippen LogP contribution in [-0.2, 0) is 9.47 Å². The van der Waals surface area contributed by atoms with Crippen LogP contribution in [0.1, 0.15) is 5.69 Å². The topological polar surface area (TPSA) is 69.4 Å². The third-order valence-electron chi connectivity index (χ3n) is 2.43. The van der Waals surface area contributed by atoms with Gasteiger partial charge in [-0.1, -0.05) is 12.2 Å². The molecule has 1 unspecified atom stereocenters. The van der Waals surface area contributed by atoms with Gasteiger partial charge in [-0.05, 0) is 12.1 Å². The maximum absolute atomic E-state index is 5.52. The van der Waals surface area contributed by atoms with Gasteiger partial charge in [0.15, 0.2) is 0 Å². The number of rotatable bonds is 4. The Morgan fingerprint density at radius 3 is 3.18 bits per heavy atom. The summed E-state index contributed by atoms with van der Waals surface area (Å²) < 4.78 is 10.8. The molecule has 0 bridgehead atoms. The number of anilines is 1. The quantitative estimate of drug-likeness (QED) is 0.763. The van der Waals surface area contributed by atoms with Gasteiger partial charge in [-0.25, -0.2) is 0 Å². The smallest absolute Gasteiger partial charge is 0.122 e. The second kappa shape index (κ2) is 5.90. The standard InChI is InChI=1S/C11H15N3O2S/c12-11(17)10-5-8(1-2-13-10)14-6-9-7-15-3-4-16-9/h1-2,5,9H,3-4,6-7H2,(H2,12,17)(H,13,14). The molecule has 0 saturated carbocycles. The Morgan fingerprint density at radius 1 is 1.59 bits per heavy atom. The van der Waals surface area contributed by atoms with Gasteiger partial charge in [-0.15, -0.1) is 0 Å². The molecule has 1 aliphatic rings. The van der Waals surface area contributed by atoms with Crippen molar-refractivity contribution in [1.29, 1.82) is 0 Å². The Morgan fingerprint density at radius 2 is 2.47 bits per heavy atom. The van der Waals surface area contributed by atoms with Crippen molar-refractivity contribution < 1.29 is 9.47 Å². The van der Waals surface area contributed by atoms with Crippen molar-refractivity contribution >= 4 is 22.9 Å². The molecule has 92 valence electrons. The van der Waals surface area contributed by atoms with Gasteiger partial charge in [0.2, 0.25) is 0 Å². The van der Waals surface area contributed by atoms with Crippen LogP contribution in [0.4, 0.5) is 5.69 Å². The predicted octanol–water partition coefficient (Wildman–Crippen LogP) is 0.543. The first-order chi connectivity index (χ1) is 8.25. The fourth-order valence-corrected chi connectivity index (χ4v) is 1.67. The third-order valence-corrected chi connectivity index (χ3v) is 2.64. The van der Waals surface area contributed by atoms with E-state index in [1.165, 1.54) is 0 Å². The van der Waals surface area contributed by atoms with Crippen LogP contribution in [0.15, 0.2) is 18.3 Å². The molecule has 1 fully saturated rings. The summed E-state index contributed by atoms with van der Waals surface area (Å²) in [4.78, 5) is 4.37. The molecule has 0 radical (unpaired) electrons. The molecule has 17 heavy (non-hydrogen) atoms. The Labute approximate surface area is 105 Å². The van der Waals surface area contributed by atoms with Gasteiger partial charge in [-0.2, -0.15) is 0 Å². The number of aromatic nitrogens is 1. The van der Waals surface area contributed by atoms with Crippen molar-refractivity contribution in [2.75, 3.05) is 31.7 Å². The number of nitrogens with zero attached hydrogens (tertiary/aromatic N) is 1. The number of nitrogens with two attached hydrogens (primary N) is 1. The molecule has 6 heteroatoms. The van der Waals surface area contributed by atoms with Crippen LogP contribution < -0.4 is 11.1 Å². The third kappa shape index (κ3) is 3.62. The van der Waals surface area contributed by atoms with E-state index < -0.39 is 0 Å². The van der Waals surface area contributed by atoms with E-state index in [-0.39, 0.29) is 6.10 Å². The highest BCUT2D eigenvalue weighted by Gasteiger charge is 2.13. The number of hydrogen-bond donors (Lipinski definition) is 2. The molecule has 0 aromatic carbocycles. The zero-order valence-corrected chi connectivity index (χ0v) is 10.2. The van der Waals surface area contributed by atoms with E-state index in [2.05, 4.69) is 10.3 Å². The van der Waals surface area contributed by atoms with E-state index in [9.17, 15) is 0 Å². The van der Waals surface area contributed by atoms with Crippen LogP contribution in [0.5, 0.6) is 0 Å². The molecule has 5 nitrogen and oxygen atoms in total. The van der Waals surface area contributed by atoms with E-state index in [1.54, 1.807) is 6.20 Å². The highest BCUT2D eigenvalue weighted by molar-refractivity contribution is 7.80. The van der Waals surface area contributed by atoms with E-state index >= 15 is 0 Å². The number of nitrogens with one attached hydrogen (secondary N) is 1. The van der Waals surface area contributed by atoms with Gasteiger partial charge in [0, 0.05) is 18.4 Å². The molecule has 2 rings (SSSR count). The molecule has 0 aliphatic carbocycles. The summed E-state index contributed by atoms with van der Waals surface area (Å²) in [5, 5.41) is 3.25. The highest BCUT2D eigenvalue weighted by atomic mass is 32.1. The van der Waals surface area contributed by atoms with Gasteiger partial charge < -0.3 is 20.5 Å². The van der Waals surface area contributed by atoms with Crippen molar-refractivity contribution in [3.63, 3.8) is 0 Å². The van der Waals surface area contributed by atoms with Crippen LogP contribution in [-0.4, -0.2) is 42.4 Å². The normalized spacial score (nSPS) is 19.9. The lowest BCUT2D eigenvalue weighted by Crippen LogP contribution is -2.34. The molecule has 1 aliphatic heterocycles. The summed E-state index contributed by atoms with van der Waals surface area (Å²) in [6.07, 6.45) is 1.76. The number of ether oxygens (including phenoxy) is 2. The molecule has 1 atom stereocenters. The van der Waals surface area contributed by atoms with Crippen LogP contribution in [0, 0.1) is 0 Å². The zero-order valence-electron chi connectivity index (χ0n) is 9.39. The first-order valence-electron chi connectivity index (χ1n) is 5.45. The van der Waals surface area contributed by atoms with Gasteiger partial charge in [0.05, 0.1) is 31.6 Å². The molecule has 1 aromatic heterocycles. The minimum absolute atomic E-state index is 0.0881. The molecular formula is C11H15N3O2S. The lowest BCUT2D eigenvalue weighted by molar-refractivity contribution is -0.0818. The van der Waals surface area contributed by atoms with Gasteiger partial charge in [-0.3, -0.25) is 4.98 Å². The summed E-state index contributed by atoms with van der Waals surface area (Å²) in [6.45, 7) is 2.65. The molecule has 3 N–H and O–H groups in total. The van der Waals surface area contributed by atoms with Crippen molar-refractivity contribution in [2.24, 2.45) is 5.73 Å². The second-order valence-corrected chi connectivity index (χ2v) is 4.18. The van der Waals surface area contributed by atoms with E-state index in [4.69, 9.17) is 27.4 Å². The minimum atomic E-state index is 0.0881. The molecule has 0 amide bonds. The average molecular weight is 253 g/mol. The van der Waals surface area contributed by atoms with Crippen LogP contribution in [0.2, 0.25) is 0 Å². The minimum Gasteiger partial charge on any atom is -0.388 e. The lowest BCUT2D eigenvalue weighted by atomic mass is 10.3. The highest BCUT2D eigenvalue weighted by Crippen LogP contribution is 2.09. The van der Waals surface area contributed by atoms with E-state index in [1.807, 2.05) is 12.1 Å². The molecule has 0 spiro atoms. The summed E-state index contributed by atoms with van der Waals surface area (Å²) in [5.74, 6) is 0. The van der Waals surface area contributed by atoms with Crippen LogP contribution >= 0.6 is 12.2 Å². The zero-order chi connectivity index (χ0) is 12.1. The second-order valence-electron chi connectivity index (χ2n) is 3.74. The Kier molecular flexibility index (Phi) is 4.24. The number of pyridine rings is 1. The Bertz CT molecular complexity index is 394. The van der Waals surface area contributed by atoms with Crippen LogP contribution in [0.25, 0.3) is 0 Å². The molecule has 2 heterocycles. The Balaban J connectivity index is 1.89. The fourth-order valence-electron chi connectivity index (χ4n) is 1.56. The molecular weight excluding hydrogens is 238 g/mol. The maximum Gasteiger partial charge on any atom is 0.122 e. The SMILES string of the molecule is NC(=S)c1cc(NCC2COCCO2)ccn1. The van der Waals surface area contributed by atoms with E-state index in [0.29, 0.717) is 37.0 Å². The first kappa shape index (κ1) is 12.2. The summed E-state index contributed by atoms with van der Waals surface area (Å²) >= 11 is 4.87. The van der Waals surface area contributed by atoms with Crippen molar-refractivity contribution in [1.82, 2.24) is 4.98 Å². The van der Waals surface area contributed by atoms with Crippen LogP contribution in [0.3, 0.4) is 0 Å². The van der Waals surface area contributed by atoms with Crippen molar-refractivity contribution in [3.8, 4) is 0 Å². The largest absolute Gasteiger partial charge is 0.388 e. The van der Waals surface area contributed by atoms with Crippen molar-refractivity contribution in [2.45, 2.75) is 6.10 Å². The molecule has 1 aromatic rings.